The van der Waals surface area contributed by atoms with Crippen molar-refractivity contribution >= 4 is 17.9 Å². The fourth-order valence-corrected chi connectivity index (χ4v) is 8.90. The van der Waals surface area contributed by atoms with Crippen molar-refractivity contribution in [2.24, 2.45) is 0 Å². The number of hydrogen-bond acceptors (Lipinski definition) is 6. The average Bonchev–Trinajstić information content (AvgIpc) is 3.37. The second-order valence-electron chi connectivity index (χ2n) is 20.6. The van der Waals surface area contributed by atoms with Crippen LogP contribution in [0.5, 0.6) is 0 Å². The topological polar surface area (TPSA) is 78.9 Å². The summed E-state index contributed by atoms with van der Waals surface area (Å²) in [6.45, 7) is 6.54. The molecule has 0 bridgehead atoms. The van der Waals surface area contributed by atoms with Gasteiger partial charge in [-0.2, -0.15) is 0 Å². The van der Waals surface area contributed by atoms with Gasteiger partial charge in [-0.3, -0.25) is 14.4 Å². The molecule has 0 N–H and O–H groups in total. The lowest BCUT2D eigenvalue weighted by Gasteiger charge is -2.18. The second kappa shape index (κ2) is 59.7. The standard InChI is InChI=1S/C65H116O6/c1-4-7-10-13-16-19-22-25-28-31-34-37-40-43-46-49-52-55-58-64(67)70-61-62(60-69-63(66)57-54-51-48-45-42-39-36-33-30-27-24-21-18-15-12-9-6-3)71-65(68)59-56-53-50-47-44-41-38-35-32-29-26-23-20-17-14-11-8-5-2/h9,12,18-19,21-22,27-28,30-31,62H,4-8,10-11,13-17,20,23-26,29,32-61H2,1-3H3/b12-9-,21-18-,22-19-,30-27-,31-28-. The molecule has 0 saturated heterocycles. The molecular formula is C65H116O6. The number of allylic oxidation sites excluding steroid dienone is 10. The zero-order chi connectivity index (χ0) is 51.4. The minimum Gasteiger partial charge on any atom is -0.462 e. The zero-order valence-corrected chi connectivity index (χ0v) is 47.2. The number of hydrogen-bond donors (Lipinski definition) is 0. The van der Waals surface area contributed by atoms with Crippen LogP contribution in [0.4, 0.5) is 0 Å². The molecule has 0 amide bonds. The van der Waals surface area contributed by atoms with Gasteiger partial charge in [0.25, 0.3) is 0 Å². The summed E-state index contributed by atoms with van der Waals surface area (Å²) in [5.74, 6) is -0.878. The Kier molecular flexibility index (Phi) is 57.2. The predicted molar refractivity (Wildman–Crippen MR) is 307 cm³/mol. The van der Waals surface area contributed by atoms with Crippen LogP contribution < -0.4 is 0 Å². The molecule has 0 aliphatic heterocycles. The molecule has 0 aromatic heterocycles. The van der Waals surface area contributed by atoms with E-state index in [1.807, 2.05) is 0 Å². The molecule has 0 heterocycles. The van der Waals surface area contributed by atoms with E-state index in [4.69, 9.17) is 14.2 Å². The zero-order valence-electron chi connectivity index (χ0n) is 47.2. The minimum atomic E-state index is -0.781. The molecule has 0 rings (SSSR count). The molecule has 1 atom stereocenters. The highest BCUT2D eigenvalue weighted by Gasteiger charge is 2.19. The highest BCUT2D eigenvalue weighted by Crippen LogP contribution is 2.17. The van der Waals surface area contributed by atoms with Crippen molar-refractivity contribution in [2.45, 2.75) is 322 Å². The summed E-state index contributed by atoms with van der Waals surface area (Å²) in [5.41, 5.74) is 0. The number of esters is 3. The third kappa shape index (κ3) is 57.9. The van der Waals surface area contributed by atoms with E-state index in [1.54, 1.807) is 0 Å². The van der Waals surface area contributed by atoms with Crippen LogP contribution in [0.25, 0.3) is 0 Å². The number of unbranched alkanes of at least 4 members (excludes halogenated alkanes) is 35. The number of ether oxygens (including phenoxy) is 3. The van der Waals surface area contributed by atoms with Crippen molar-refractivity contribution < 1.29 is 28.6 Å². The Morgan fingerprint density at radius 3 is 0.873 bits per heavy atom. The SMILES string of the molecule is CC/C=C\C/C=C\C/C=C\CCCCCCCCCC(=O)OCC(COC(=O)CCCCCCCCC/C=C\C/C=C\CCCCCC)OC(=O)CCCCCCCCCCCCCCCCCCCC. The summed E-state index contributed by atoms with van der Waals surface area (Å²) in [4.78, 5) is 38.3. The van der Waals surface area contributed by atoms with Crippen molar-refractivity contribution in [1.82, 2.24) is 0 Å². The number of rotatable bonds is 56. The lowest BCUT2D eigenvalue weighted by Crippen LogP contribution is -2.30. The highest BCUT2D eigenvalue weighted by atomic mass is 16.6. The molecule has 0 aliphatic carbocycles. The van der Waals surface area contributed by atoms with Crippen molar-refractivity contribution in [3.05, 3.63) is 60.8 Å². The van der Waals surface area contributed by atoms with Crippen LogP contribution in [0.1, 0.15) is 316 Å². The fourth-order valence-electron chi connectivity index (χ4n) is 8.90. The van der Waals surface area contributed by atoms with Crippen LogP contribution in [-0.4, -0.2) is 37.2 Å². The maximum Gasteiger partial charge on any atom is 0.306 e. The van der Waals surface area contributed by atoms with E-state index >= 15 is 0 Å². The van der Waals surface area contributed by atoms with Gasteiger partial charge < -0.3 is 14.2 Å². The summed E-state index contributed by atoms with van der Waals surface area (Å²) in [6, 6.07) is 0. The molecule has 412 valence electrons. The summed E-state index contributed by atoms with van der Waals surface area (Å²) < 4.78 is 16.9. The monoisotopic (exact) mass is 993 g/mol. The van der Waals surface area contributed by atoms with Gasteiger partial charge in [-0.15, -0.1) is 0 Å². The summed E-state index contributed by atoms with van der Waals surface area (Å²) >= 11 is 0. The van der Waals surface area contributed by atoms with E-state index in [9.17, 15) is 14.4 Å². The van der Waals surface area contributed by atoms with Gasteiger partial charge in [-0.05, 0) is 83.5 Å². The molecule has 0 fully saturated rings. The van der Waals surface area contributed by atoms with E-state index in [1.165, 1.54) is 180 Å². The van der Waals surface area contributed by atoms with E-state index in [2.05, 4.69) is 81.5 Å². The molecule has 0 spiro atoms. The van der Waals surface area contributed by atoms with Crippen LogP contribution in [0, 0.1) is 0 Å². The highest BCUT2D eigenvalue weighted by molar-refractivity contribution is 5.71. The Hall–Kier alpha value is -2.89. The molecule has 1 unspecified atom stereocenters. The maximum absolute atomic E-state index is 12.9. The van der Waals surface area contributed by atoms with Crippen LogP contribution in [0.2, 0.25) is 0 Å². The van der Waals surface area contributed by atoms with Gasteiger partial charge in [-0.25, -0.2) is 0 Å². The van der Waals surface area contributed by atoms with E-state index in [0.29, 0.717) is 19.3 Å². The van der Waals surface area contributed by atoms with Crippen LogP contribution in [0.3, 0.4) is 0 Å². The smallest absolute Gasteiger partial charge is 0.306 e. The first-order valence-corrected chi connectivity index (χ1v) is 30.8. The van der Waals surface area contributed by atoms with E-state index < -0.39 is 6.10 Å². The van der Waals surface area contributed by atoms with Gasteiger partial charge in [-0.1, -0.05) is 274 Å². The van der Waals surface area contributed by atoms with Crippen LogP contribution >= 0.6 is 0 Å². The third-order valence-electron chi connectivity index (χ3n) is 13.5. The van der Waals surface area contributed by atoms with E-state index in [-0.39, 0.29) is 31.1 Å². The Morgan fingerprint density at radius 2 is 0.549 bits per heavy atom. The molecule has 0 aliphatic rings. The Labute approximate surface area is 440 Å². The first-order valence-electron chi connectivity index (χ1n) is 30.8. The Balaban J connectivity index is 4.38. The maximum atomic E-state index is 12.9. The first-order chi connectivity index (χ1) is 35.0. The van der Waals surface area contributed by atoms with Gasteiger partial charge in [0.1, 0.15) is 13.2 Å². The molecule has 0 aromatic carbocycles. The molecular weight excluding hydrogens is 877 g/mol. The van der Waals surface area contributed by atoms with Crippen molar-refractivity contribution in [1.29, 1.82) is 0 Å². The lowest BCUT2D eigenvalue weighted by atomic mass is 10.0. The Bertz CT molecular complexity index is 1280. The van der Waals surface area contributed by atoms with Crippen molar-refractivity contribution in [3.63, 3.8) is 0 Å². The summed E-state index contributed by atoms with van der Waals surface area (Å²) in [5, 5.41) is 0. The Morgan fingerprint density at radius 1 is 0.296 bits per heavy atom. The molecule has 0 saturated carbocycles. The van der Waals surface area contributed by atoms with Gasteiger partial charge in [0.2, 0.25) is 0 Å². The van der Waals surface area contributed by atoms with Crippen molar-refractivity contribution in [2.75, 3.05) is 13.2 Å². The summed E-state index contributed by atoms with van der Waals surface area (Å²) in [7, 11) is 0. The second-order valence-corrected chi connectivity index (χ2v) is 20.6. The normalized spacial score (nSPS) is 12.4. The number of carbonyl (C=O) groups excluding carboxylic acids is 3. The van der Waals surface area contributed by atoms with Crippen LogP contribution in [-0.2, 0) is 28.6 Å². The summed E-state index contributed by atoms with van der Waals surface area (Å²) in [6.07, 6.45) is 75.0. The lowest BCUT2D eigenvalue weighted by molar-refractivity contribution is -0.167. The van der Waals surface area contributed by atoms with Gasteiger partial charge in [0, 0.05) is 19.3 Å². The molecule has 6 heteroatoms. The van der Waals surface area contributed by atoms with Crippen molar-refractivity contribution in [3.8, 4) is 0 Å². The van der Waals surface area contributed by atoms with Gasteiger partial charge in [0.15, 0.2) is 6.10 Å². The largest absolute Gasteiger partial charge is 0.462 e. The first kappa shape index (κ1) is 68.1. The third-order valence-corrected chi connectivity index (χ3v) is 13.5. The molecule has 6 nitrogen and oxygen atoms in total. The average molecular weight is 994 g/mol. The predicted octanol–water partition coefficient (Wildman–Crippen LogP) is 20.8. The fraction of sp³-hybridized carbons (Fsp3) is 0.800. The molecule has 0 radical (unpaired) electrons. The van der Waals surface area contributed by atoms with E-state index in [0.717, 1.165) is 96.3 Å². The van der Waals surface area contributed by atoms with Gasteiger partial charge in [0.05, 0.1) is 0 Å². The number of carbonyl (C=O) groups is 3. The minimum absolute atomic E-state index is 0.0788. The van der Waals surface area contributed by atoms with Crippen LogP contribution in [0.15, 0.2) is 60.8 Å². The molecule has 71 heavy (non-hydrogen) atoms. The van der Waals surface area contributed by atoms with Gasteiger partial charge >= 0.3 is 17.9 Å². The molecule has 0 aromatic rings. The quantitative estimate of drug-likeness (QED) is 0.0261.